The quantitative estimate of drug-likeness (QED) is 0.557. The second-order valence-corrected chi connectivity index (χ2v) is 10.1. The summed E-state index contributed by atoms with van der Waals surface area (Å²) < 4.78 is 92.2. The van der Waals surface area contributed by atoms with E-state index in [9.17, 15) is 34.8 Å². The van der Waals surface area contributed by atoms with E-state index in [2.05, 4.69) is 4.72 Å². The third-order valence-corrected chi connectivity index (χ3v) is 7.23. The summed E-state index contributed by atoms with van der Waals surface area (Å²) in [6.45, 7) is -1.73. The zero-order chi connectivity index (χ0) is 23.2. The van der Waals surface area contributed by atoms with E-state index in [1.807, 2.05) is 0 Å². The highest BCUT2D eigenvalue weighted by Crippen LogP contribution is 2.22. The second kappa shape index (κ2) is 7.69. The van der Waals surface area contributed by atoms with Crippen LogP contribution in [-0.2, 0) is 34.1 Å². The summed E-state index contributed by atoms with van der Waals surface area (Å²) in [7, 11) is -5.46. The number of nitrogens with zero attached hydrogens (tertiary/aromatic N) is 2. The van der Waals surface area contributed by atoms with Crippen molar-refractivity contribution in [2.45, 2.75) is 16.0 Å². The normalized spacial score (nSPS) is 12.9. The van der Waals surface area contributed by atoms with Gasteiger partial charge in [0.2, 0.25) is 10.0 Å². The van der Waals surface area contributed by atoms with Crippen molar-refractivity contribution in [3.05, 3.63) is 52.9 Å². The highest BCUT2D eigenvalue weighted by molar-refractivity contribution is 7.92. The molecule has 0 aliphatic rings. The minimum atomic E-state index is -4.72. The monoisotopic (exact) mass is 478 g/mol. The summed E-state index contributed by atoms with van der Waals surface area (Å²) in [6, 6.07) is 8.27. The highest BCUT2D eigenvalue weighted by Gasteiger charge is 2.30. The Balaban J connectivity index is 1.84. The van der Waals surface area contributed by atoms with E-state index in [0.717, 1.165) is 24.3 Å². The van der Waals surface area contributed by atoms with Crippen LogP contribution in [0.15, 0.2) is 57.1 Å². The molecule has 0 spiro atoms. The summed E-state index contributed by atoms with van der Waals surface area (Å²) in [5.41, 5.74) is 0.602. The van der Waals surface area contributed by atoms with Crippen LogP contribution in [0, 0.1) is 0 Å². The number of hydrogen-bond donors (Lipinski definition) is 2. The topological polar surface area (TPSA) is 119 Å². The minimum Gasteiger partial charge on any atom is -0.295 e. The largest absolute Gasteiger partial charge is 0.402 e. The first-order chi connectivity index (χ1) is 14.2. The summed E-state index contributed by atoms with van der Waals surface area (Å²) >= 11 is 0. The van der Waals surface area contributed by atoms with E-state index in [1.54, 1.807) is 7.05 Å². The van der Waals surface area contributed by atoms with Crippen LogP contribution >= 0.6 is 0 Å². The van der Waals surface area contributed by atoms with Crippen LogP contribution < -0.4 is 15.1 Å². The number of aromatic nitrogens is 2. The summed E-state index contributed by atoms with van der Waals surface area (Å²) in [5.74, 6) is 0. The number of alkyl halides is 3. The highest BCUT2D eigenvalue weighted by atomic mass is 32.2. The number of halogens is 3. The van der Waals surface area contributed by atoms with Crippen LogP contribution in [0.4, 0.5) is 18.9 Å². The van der Waals surface area contributed by atoms with Crippen LogP contribution in [0.25, 0.3) is 11.0 Å². The summed E-state index contributed by atoms with van der Waals surface area (Å²) in [5, 5.41) is 0. The first kappa shape index (κ1) is 22.8. The van der Waals surface area contributed by atoms with Crippen LogP contribution in [0.5, 0.6) is 0 Å². The number of nitrogens with one attached hydrogen (secondary N) is 2. The van der Waals surface area contributed by atoms with Gasteiger partial charge in [-0.05, 0) is 42.5 Å². The Morgan fingerprint density at radius 2 is 1.39 bits per heavy atom. The van der Waals surface area contributed by atoms with Crippen LogP contribution in [0.1, 0.15) is 0 Å². The van der Waals surface area contributed by atoms with Crippen molar-refractivity contribution >= 4 is 36.8 Å². The van der Waals surface area contributed by atoms with Gasteiger partial charge in [0.1, 0.15) is 6.54 Å². The van der Waals surface area contributed by atoms with Crippen molar-refractivity contribution in [3.8, 4) is 0 Å². The number of sulfonamides is 2. The lowest BCUT2D eigenvalue weighted by atomic mass is 10.3. The minimum absolute atomic E-state index is 0.00295. The molecule has 0 radical (unpaired) electrons. The molecule has 0 saturated carbocycles. The lowest BCUT2D eigenvalue weighted by Gasteiger charge is -2.11. The lowest BCUT2D eigenvalue weighted by Crippen LogP contribution is -2.33. The molecule has 0 fully saturated rings. The molecule has 0 aliphatic heterocycles. The summed E-state index contributed by atoms with van der Waals surface area (Å²) in [4.78, 5) is 11.4. The van der Waals surface area contributed by atoms with Gasteiger partial charge in [-0.3, -0.25) is 13.9 Å². The number of benzene rings is 2. The molecule has 31 heavy (non-hydrogen) atoms. The smallest absolute Gasteiger partial charge is 0.295 e. The van der Waals surface area contributed by atoms with Gasteiger partial charge in [-0.25, -0.2) is 26.4 Å². The molecule has 1 aromatic heterocycles. The van der Waals surface area contributed by atoms with Gasteiger partial charge in [0, 0.05) is 19.8 Å². The molecule has 168 valence electrons. The second-order valence-electron chi connectivity index (χ2n) is 6.62. The van der Waals surface area contributed by atoms with Gasteiger partial charge in [-0.2, -0.15) is 13.2 Å². The lowest BCUT2D eigenvalue weighted by molar-refractivity contribution is -0.121. The van der Waals surface area contributed by atoms with E-state index in [1.165, 1.54) is 39.1 Å². The number of fused-ring (bicyclic) bond motifs is 1. The van der Waals surface area contributed by atoms with Crippen molar-refractivity contribution in [3.63, 3.8) is 0 Å². The van der Waals surface area contributed by atoms with Crippen molar-refractivity contribution in [2.75, 3.05) is 11.3 Å². The number of aryl methyl sites for hydroxylation is 2. The van der Waals surface area contributed by atoms with E-state index >= 15 is 0 Å². The van der Waals surface area contributed by atoms with Gasteiger partial charge in [0.25, 0.3) is 10.0 Å². The third kappa shape index (κ3) is 4.75. The third-order valence-electron chi connectivity index (χ3n) is 4.43. The van der Waals surface area contributed by atoms with Gasteiger partial charge >= 0.3 is 11.9 Å². The zero-order valence-corrected chi connectivity index (χ0v) is 17.8. The first-order valence-corrected chi connectivity index (χ1v) is 11.5. The molecule has 3 aromatic rings. The molecule has 0 atom stereocenters. The Labute approximate surface area is 175 Å². The molecule has 2 aromatic carbocycles. The molecule has 0 unspecified atom stereocenters. The Morgan fingerprint density at radius 3 is 1.97 bits per heavy atom. The predicted molar refractivity (Wildman–Crippen MR) is 107 cm³/mol. The van der Waals surface area contributed by atoms with Gasteiger partial charge < -0.3 is 0 Å². The average Bonchev–Trinajstić information content (AvgIpc) is 2.90. The van der Waals surface area contributed by atoms with Gasteiger partial charge in [-0.15, -0.1) is 0 Å². The fourth-order valence-corrected chi connectivity index (χ4v) is 4.92. The average molecular weight is 478 g/mol. The fraction of sp³-hybridized carbons (Fsp3) is 0.235. The SMILES string of the molecule is Cn1c(=O)n(C)c2cc(S(=O)(=O)Nc3ccc(S(=O)(=O)NCC(F)(F)F)cc3)ccc21. The summed E-state index contributed by atoms with van der Waals surface area (Å²) in [6.07, 6.45) is -4.72. The number of imidazole rings is 1. The Morgan fingerprint density at radius 1 is 0.839 bits per heavy atom. The maximum absolute atomic E-state index is 12.7. The van der Waals surface area contributed by atoms with E-state index in [4.69, 9.17) is 0 Å². The number of anilines is 1. The Kier molecular flexibility index (Phi) is 5.67. The number of hydrogen-bond acceptors (Lipinski definition) is 5. The zero-order valence-electron chi connectivity index (χ0n) is 16.1. The molecule has 9 nitrogen and oxygen atoms in total. The molecule has 0 bridgehead atoms. The van der Waals surface area contributed by atoms with Crippen molar-refractivity contribution in [1.82, 2.24) is 13.9 Å². The molecule has 1 heterocycles. The van der Waals surface area contributed by atoms with E-state index in [0.29, 0.717) is 11.0 Å². The first-order valence-electron chi connectivity index (χ1n) is 8.56. The molecule has 14 heteroatoms. The van der Waals surface area contributed by atoms with E-state index < -0.39 is 37.7 Å². The van der Waals surface area contributed by atoms with Gasteiger partial charge in [0.15, 0.2) is 0 Å². The standard InChI is InChI=1S/C17H17F3N4O5S2/c1-23-14-8-7-13(9-15(14)24(2)16(23)25)31(28,29)22-11-3-5-12(6-4-11)30(26,27)21-10-17(18,19)20/h3-9,21-22H,10H2,1-2H3. The van der Waals surface area contributed by atoms with Gasteiger partial charge in [0.05, 0.1) is 20.8 Å². The molecule has 3 rings (SSSR count). The fourth-order valence-electron chi connectivity index (χ4n) is 2.83. The predicted octanol–water partition coefficient (Wildman–Crippen LogP) is 1.52. The van der Waals surface area contributed by atoms with E-state index in [-0.39, 0.29) is 16.3 Å². The maximum atomic E-state index is 12.7. The molecule has 0 aliphatic carbocycles. The van der Waals surface area contributed by atoms with Crippen LogP contribution in [0.3, 0.4) is 0 Å². The molecular weight excluding hydrogens is 461 g/mol. The van der Waals surface area contributed by atoms with Crippen molar-refractivity contribution < 1.29 is 30.0 Å². The van der Waals surface area contributed by atoms with Crippen LogP contribution in [-0.4, -0.2) is 38.7 Å². The molecule has 2 N–H and O–H groups in total. The molecular formula is C17H17F3N4O5S2. The number of rotatable bonds is 6. The van der Waals surface area contributed by atoms with Crippen molar-refractivity contribution in [2.24, 2.45) is 14.1 Å². The molecule has 0 saturated heterocycles. The van der Waals surface area contributed by atoms with Gasteiger partial charge in [-0.1, -0.05) is 0 Å². The Hall–Kier alpha value is -2.84. The van der Waals surface area contributed by atoms with Crippen molar-refractivity contribution in [1.29, 1.82) is 0 Å². The van der Waals surface area contributed by atoms with Crippen LogP contribution in [0.2, 0.25) is 0 Å². The Bertz CT molecular complexity index is 1410. The maximum Gasteiger partial charge on any atom is 0.402 e. The molecule has 0 amide bonds.